The van der Waals surface area contributed by atoms with Crippen molar-refractivity contribution in [2.75, 3.05) is 0 Å². The van der Waals surface area contributed by atoms with Crippen LogP contribution < -0.4 is 5.32 Å². The van der Waals surface area contributed by atoms with Gasteiger partial charge in [0, 0.05) is 12.1 Å². The fraction of sp³-hybridized carbons (Fsp3) is 0.250. The Morgan fingerprint density at radius 1 is 1.29 bits per heavy atom. The first-order chi connectivity index (χ1) is 6.84. The van der Waals surface area contributed by atoms with Crippen LogP contribution in [0.3, 0.4) is 0 Å². The minimum absolute atomic E-state index is 0.0105. The fourth-order valence-electron chi connectivity index (χ4n) is 1.21. The van der Waals surface area contributed by atoms with Gasteiger partial charge in [0.05, 0.1) is 0 Å². The largest absolute Gasteiger partial charge is 0.350 e. The van der Waals surface area contributed by atoms with Crippen molar-refractivity contribution < 1.29 is 4.79 Å². The predicted molar refractivity (Wildman–Crippen MR) is 56.6 cm³/mol. The van der Waals surface area contributed by atoms with Crippen molar-refractivity contribution in [2.45, 2.75) is 18.9 Å². The normalized spacial score (nSPS) is 15.7. The summed E-state index contributed by atoms with van der Waals surface area (Å²) in [6, 6.07) is 10.3. The molecule has 2 rings (SSSR count). The fourth-order valence-corrected chi connectivity index (χ4v) is 1.21. The molecule has 0 heterocycles. The number of carbonyl (C=O) groups excluding carboxylic acids is 1. The average Bonchev–Trinajstić information content (AvgIpc) is 3.00. The molecule has 2 heteroatoms. The lowest BCUT2D eigenvalue weighted by Crippen LogP contribution is -2.22. The van der Waals surface area contributed by atoms with Gasteiger partial charge in [0.15, 0.2) is 0 Å². The second-order valence-corrected chi connectivity index (χ2v) is 3.53. The van der Waals surface area contributed by atoms with Crippen molar-refractivity contribution in [1.82, 2.24) is 5.32 Å². The molecule has 0 spiro atoms. The van der Waals surface area contributed by atoms with Crippen LogP contribution in [0, 0.1) is 0 Å². The van der Waals surface area contributed by atoms with Gasteiger partial charge >= 0.3 is 0 Å². The van der Waals surface area contributed by atoms with E-state index in [4.69, 9.17) is 0 Å². The molecule has 72 valence electrons. The summed E-state index contributed by atoms with van der Waals surface area (Å²) in [6.45, 7) is 0. The van der Waals surface area contributed by atoms with E-state index in [0.717, 1.165) is 18.4 Å². The van der Waals surface area contributed by atoms with E-state index in [0.29, 0.717) is 6.04 Å². The molecule has 2 nitrogen and oxygen atoms in total. The molecule has 1 aromatic carbocycles. The molecule has 0 bridgehead atoms. The first-order valence-electron chi connectivity index (χ1n) is 4.88. The summed E-state index contributed by atoms with van der Waals surface area (Å²) in [6.07, 6.45) is 5.68. The van der Waals surface area contributed by atoms with E-state index in [-0.39, 0.29) is 5.91 Å². The van der Waals surface area contributed by atoms with Gasteiger partial charge in [0.1, 0.15) is 0 Å². The molecule has 1 saturated carbocycles. The molecular weight excluding hydrogens is 174 g/mol. The highest BCUT2D eigenvalue weighted by Gasteiger charge is 2.21. The minimum Gasteiger partial charge on any atom is -0.350 e. The lowest BCUT2D eigenvalue weighted by Gasteiger charge is -1.96. The lowest BCUT2D eigenvalue weighted by atomic mass is 10.2. The van der Waals surface area contributed by atoms with Crippen LogP contribution in [0.5, 0.6) is 0 Å². The molecule has 0 unspecified atom stereocenters. The Kier molecular flexibility index (Phi) is 2.63. The molecule has 1 amide bonds. The number of hydrogen-bond donors (Lipinski definition) is 1. The van der Waals surface area contributed by atoms with Crippen molar-refractivity contribution in [3.63, 3.8) is 0 Å². The molecule has 0 radical (unpaired) electrons. The highest BCUT2D eigenvalue weighted by molar-refractivity contribution is 5.92. The van der Waals surface area contributed by atoms with Gasteiger partial charge in [-0.25, -0.2) is 0 Å². The Bertz CT molecular complexity index is 339. The van der Waals surface area contributed by atoms with Gasteiger partial charge in [-0.3, -0.25) is 4.79 Å². The first kappa shape index (κ1) is 9.00. The molecule has 14 heavy (non-hydrogen) atoms. The van der Waals surface area contributed by atoms with E-state index < -0.39 is 0 Å². The van der Waals surface area contributed by atoms with Gasteiger partial charge in [-0.2, -0.15) is 0 Å². The summed E-state index contributed by atoms with van der Waals surface area (Å²) < 4.78 is 0. The third kappa shape index (κ3) is 2.73. The number of hydrogen-bond acceptors (Lipinski definition) is 1. The second kappa shape index (κ2) is 4.09. The van der Waals surface area contributed by atoms with Gasteiger partial charge in [-0.15, -0.1) is 0 Å². The zero-order valence-electron chi connectivity index (χ0n) is 7.94. The van der Waals surface area contributed by atoms with Gasteiger partial charge in [-0.1, -0.05) is 30.3 Å². The minimum atomic E-state index is 0.0105. The van der Waals surface area contributed by atoms with E-state index in [9.17, 15) is 4.79 Å². The molecule has 1 aliphatic rings. The van der Waals surface area contributed by atoms with Crippen molar-refractivity contribution >= 4 is 12.0 Å². The van der Waals surface area contributed by atoms with E-state index in [1.165, 1.54) is 0 Å². The Morgan fingerprint density at radius 3 is 2.64 bits per heavy atom. The topological polar surface area (TPSA) is 29.1 Å². The molecular formula is C12H13NO. The van der Waals surface area contributed by atoms with Crippen molar-refractivity contribution in [3.8, 4) is 0 Å². The van der Waals surface area contributed by atoms with Crippen LogP contribution in [-0.4, -0.2) is 11.9 Å². The van der Waals surface area contributed by atoms with Crippen LogP contribution in [0.1, 0.15) is 18.4 Å². The number of carbonyl (C=O) groups is 1. The lowest BCUT2D eigenvalue weighted by molar-refractivity contribution is -0.116. The van der Waals surface area contributed by atoms with E-state index in [1.54, 1.807) is 6.08 Å². The maximum atomic E-state index is 11.3. The summed E-state index contributed by atoms with van der Waals surface area (Å²) in [5.74, 6) is 0.0105. The molecule has 1 N–H and O–H groups in total. The summed E-state index contributed by atoms with van der Waals surface area (Å²) in [7, 11) is 0. The molecule has 0 atom stereocenters. The Morgan fingerprint density at radius 2 is 2.00 bits per heavy atom. The Labute approximate surface area is 83.6 Å². The zero-order chi connectivity index (χ0) is 9.80. The SMILES string of the molecule is O=C(/C=C/c1ccccc1)NC1CC1. The number of nitrogens with one attached hydrogen (secondary N) is 1. The third-order valence-electron chi connectivity index (χ3n) is 2.15. The second-order valence-electron chi connectivity index (χ2n) is 3.53. The van der Waals surface area contributed by atoms with Gasteiger partial charge < -0.3 is 5.32 Å². The van der Waals surface area contributed by atoms with E-state index >= 15 is 0 Å². The quantitative estimate of drug-likeness (QED) is 0.720. The van der Waals surface area contributed by atoms with Crippen molar-refractivity contribution in [1.29, 1.82) is 0 Å². The summed E-state index contributed by atoms with van der Waals surface area (Å²) in [5.41, 5.74) is 1.05. The van der Waals surface area contributed by atoms with Crippen LogP contribution in [0.2, 0.25) is 0 Å². The maximum Gasteiger partial charge on any atom is 0.244 e. The standard InChI is InChI=1S/C12H13NO/c14-12(13-11-7-8-11)9-6-10-4-2-1-3-5-10/h1-6,9,11H,7-8H2,(H,13,14)/b9-6+. The molecule has 0 aromatic heterocycles. The highest BCUT2D eigenvalue weighted by atomic mass is 16.1. The third-order valence-corrected chi connectivity index (χ3v) is 2.15. The van der Waals surface area contributed by atoms with Crippen LogP contribution in [0.25, 0.3) is 6.08 Å². The van der Waals surface area contributed by atoms with Gasteiger partial charge in [0.25, 0.3) is 0 Å². The summed E-state index contributed by atoms with van der Waals surface area (Å²) >= 11 is 0. The average molecular weight is 187 g/mol. The van der Waals surface area contributed by atoms with Crippen LogP contribution in [0.15, 0.2) is 36.4 Å². The number of rotatable bonds is 3. The van der Waals surface area contributed by atoms with Crippen LogP contribution >= 0.6 is 0 Å². The number of benzene rings is 1. The number of amides is 1. The predicted octanol–water partition coefficient (Wildman–Crippen LogP) is 1.98. The highest BCUT2D eigenvalue weighted by Crippen LogP contribution is 2.18. The van der Waals surface area contributed by atoms with Gasteiger partial charge in [0.2, 0.25) is 5.91 Å². The van der Waals surface area contributed by atoms with E-state index in [1.807, 2.05) is 36.4 Å². The van der Waals surface area contributed by atoms with Gasteiger partial charge in [-0.05, 0) is 24.5 Å². The molecule has 1 aromatic rings. The van der Waals surface area contributed by atoms with E-state index in [2.05, 4.69) is 5.32 Å². The Hall–Kier alpha value is -1.57. The van der Waals surface area contributed by atoms with Crippen molar-refractivity contribution in [3.05, 3.63) is 42.0 Å². The van der Waals surface area contributed by atoms with Crippen LogP contribution in [-0.2, 0) is 4.79 Å². The Balaban J connectivity index is 1.89. The maximum absolute atomic E-state index is 11.3. The molecule has 0 saturated heterocycles. The summed E-state index contributed by atoms with van der Waals surface area (Å²) in [4.78, 5) is 11.3. The monoisotopic (exact) mass is 187 g/mol. The first-order valence-corrected chi connectivity index (χ1v) is 4.88. The zero-order valence-corrected chi connectivity index (χ0v) is 7.94. The van der Waals surface area contributed by atoms with Crippen molar-refractivity contribution in [2.24, 2.45) is 0 Å². The van der Waals surface area contributed by atoms with Crippen LogP contribution in [0.4, 0.5) is 0 Å². The smallest absolute Gasteiger partial charge is 0.244 e. The molecule has 1 aliphatic carbocycles. The summed E-state index contributed by atoms with van der Waals surface area (Å²) in [5, 5.41) is 2.90. The molecule has 0 aliphatic heterocycles. The molecule has 1 fully saturated rings.